The van der Waals surface area contributed by atoms with Crippen molar-refractivity contribution in [1.29, 1.82) is 5.26 Å². The molecule has 6 nitrogen and oxygen atoms in total. The molecule has 28 heavy (non-hydrogen) atoms. The number of hydrogen-bond acceptors (Lipinski definition) is 7. The zero-order valence-electron chi connectivity index (χ0n) is 18.7. The monoisotopic (exact) mass is 408 g/mol. The Bertz CT molecular complexity index is 624. The molecule has 1 aromatic carbocycles. The summed E-state index contributed by atoms with van der Waals surface area (Å²) in [6.07, 6.45) is 0.309. The normalized spacial score (nSPS) is 13.3. The van der Waals surface area contributed by atoms with Crippen LogP contribution in [0.1, 0.15) is 41.5 Å². The van der Waals surface area contributed by atoms with Crippen molar-refractivity contribution >= 4 is 17.4 Å². The Balaban J connectivity index is 3.65. The van der Waals surface area contributed by atoms with Gasteiger partial charge in [-0.1, -0.05) is 27.7 Å². The number of nitrogens with zero attached hydrogens (tertiary/aromatic N) is 4. The fraction of sp³-hybridized carbons (Fsp3) is 0.667. The molecule has 0 radical (unpaired) electrons. The highest BCUT2D eigenvalue weighted by Crippen LogP contribution is 2.41. The van der Waals surface area contributed by atoms with E-state index >= 15 is 0 Å². The largest absolute Gasteiger partial charge is 0.493 e. The molecule has 0 fully saturated rings. The van der Waals surface area contributed by atoms with Crippen molar-refractivity contribution in [2.75, 3.05) is 45.3 Å². The SMILES string of the molecule is CCN(CC)C(C)N(c1cc(OC)c(OC)cc1SC#N)C(C)N(CC)CC. The summed E-state index contributed by atoms with van der Waals surface area (Å²) in [5.41, 5.74) is 0.989. The summed E-state index contributed by atoms with van der Waals surface area (Å²) in [5, 5.41) is 11.6. The minimum Gasteiger partial charge on any atom is -0.493 e. The quantitative estimate of drug-likeness (QED) is 0.287. The van der Waals surface area contributed by atoms with Crippen LogP contribution in [0.2, 0.25) is 0 Å². The van der Waals surface area contributed by atoms with Gasteiger partial charge in [0.15, 0.2) is 11.5 Å². The lowest BCUT2D eigenvalue weighted by molar-refractivity contribution is 0.155. The van der Waals surface area contributed by atoms with Crippen LogP contribution < -0.4 is 14.4 Å². The van der Waals surface area contributed by atoms with Gasteiger partial charge in [0.05, 0.1) is 32.2 Å². The lowest BCUT2D eigenvalue weighted by Gasteiger charge is -2.46. The molecule has 0 amide bonds. The van der Waals surface area contributed by atoms with E-state index in [1.54, 1.807) is 14.2 Å². The lowest BCUT2D eigenvalue weighted by atomic mass is 10.2. The maximum atomic E-state index is 9.40. The number of ether oxygens (including phenoxy) is 2. The summed E-state index contributed by atoms with van der Waals surface area (Å²) in [5.74, 6) is 1.30. The molecule has 1 aromatic rings. The first-order valence-electron chi connectivity index (χ1n) is 10.0. The molecule has 2 unspecified atom stereocenters. The molecule has 158 valence electrons. The minimum atomic E-state index is 0.154. The second-order valence-electron chi connectivity index (χ2n) is 6.48. The van der Waals surface area contributed by atoms with E-state index in [0.29, 0.717) is 11.5 Å². The number of nitriles is 1. The predicted octanol–water partition coefficient (Wildman–Crippen LogP) is 4.46. The summed E-state index contributed by atoms with van der Waals surface area (Å²) in [6.45, 7) is 17.0. The minimum absolute atomic E-state index is 0.154. The van der Waals surface area contributed by atoms with E-state index in [4.69, 9.17) is 9.47 Å². The van der Waals surface area contributed by atoms with E-state index in [1.165, 1.54) is 0 Å². The molecular weight excluding hydrogens is 372 g/mol. The fourth-order valence-electron chi connectivity index (χ4n) is 3.75. The van der Waals surface area contributed by atoms with Gasteiger partial charge in [-0.25, -0.2) is 0 Å². The molecule has 0 aromatic heterocycles. The van der Waals surface area contributed by atoms with Crippen molar-refractivity contribution in [1.82, 2.24) is 9.80 Å². The van der Waals surface area contributed by atoms with Crippen molar-refractivity contribution < 1.29 is 9.47 Å². The molecule has 2 atom stereocenters. The molecule has 0 aliphatic heterocycles. The van der Waals surface area contributed by atoms with Crippen LogP contribution in [-0.4, -0.2) is 62.5 Å². The molecule has 0 saturated carbocycles. The third-order valence-corrected chi connectivity index (χ3v) is 6.02. The van der Waals surface area contributed by atoms with Crippen LogP contribution in [0.15, 0.2) is 17.0 Å². The summed E-state index contributed by atoms with van der Waals surface area (Å²) in [4.78, 5) is 8.09. The van der Waals surface area contributed by atoms with Gasteiger partial charge in [-0.15, -0.1) is 0 Å². The molecule has 0 aliphatic carbocycles. The first-order valence-corrected chi connectivity index (χ1v) is 10.8. The van der Waals surface area contributed by atoms with Gasteiger partial charge in [0.25, 0.3) is 0 Å². The van der Waals surface area contributed by atoms with Gasteiger partial charge in [-0.3, -0.25) is 9.80 Å². The van der Waals surface area contributed by atoms with Crippen LogP contribution in [0.4, 0.5) is 5.69 Å². The highest BCUT2D eigenvalue weighted by Gasteiger charge is 2.30. The predicted molar refractivity (Wildman–Crippen MR) is 118 cm³/mol. The lowest BCUT2D eigenvalue weighted by Crippen LogP contribution is -2.56. The molecule has 0 spiro atoms. The molecule has 1 rings (SSSR count). The van der Waals surface area contributed by atoms with Gasteiger partial charge >= 0.3 is 0 Å². The highest BCUT2D eigenvalue weighted by atomic mass is 32.2. The molecule has 0 bridgehead atoms. The maximum absolute atomic E-state index is 9.40. The number of hydrogen-bond donors (Lipinski definition) is 0. The first-order chi connectivity index (χ1) is 13.4. The van der Waals surface area contributed by atoms with Crippen LogP contribution >= 0.6 is 11.8 Å². The number of anilines is 1. The van der Waals surface area contributed by atoms with Crippen LogP contribution in [0.25, 0.3) is 0 Å². The van der Waals surface area contributed by atoms with Gasteiger partial charge in [-0.2, -0.15) is 5.26 Å². The van der Waals surface area contributed by atoms with E-state index in [-0.39, 0.29) is 12.3 Å². The van der Waals surface area contributed by atoms with Gasteiger partial charge in [0, 0.05) is 17.0 Å². The number of thiocyanates is 1. The number of thioether (sulfide) groups is 1. The van der Waals surface area contributed by atoms with Crippen LogP contribution in [0.3, 0.4) is 0 Å². The molecule has 0 heterocycles. The summed E-state index contributed by atoms with van der Waals surface area (Å²) in [6, 6.07) is 3.90. The van der Waals surface area contributed by atoms with Gasteiger partial charge in [-0.05, 0) is 51.8 Å². The van der Waals surface area contributed by atoms with Gasteiger partial charge in [0.2, 0.25) is 0 Å². The Kier molecular flexibility index (Phi) is 10.5. The van der Waals surface area contributed by atoms with E-state index in [2.05, 4.69) is 61.6 Å². The first kappa shape index (κ1) is 24.4. The Morgan fingerprint density at radius 1 is 0.893 bits per heavy atom. The van der Waals surface area contributed by atoms with Crippen molar-refractivity contribution in [2.24, 2.45) is 0 Å². The third kappa shape index (κ3) is 5.47. The second-order valence-corrected chi connectivity index (χ2v) is 7.31. The molecular formula is C21H36N4O2S. The standard InChI is InChI=1S/C21H36N4O2S/c1-9-23(10-2)16(5)25(17(6)24(11-3)12-4)18-13-19(26-7)20(27-8)14-21(18)28-15-22/h13-14,16-17H,9-12H2,1-8H3. The smallest absolute Gasteiger partial charge is 0.162 e. The average Bonchev–Trinajstić information content (AvgIpc) is 2.70. The summed E-state index contributed by atoms with van der Waals surface area (Å²) in [7, 11) is 3.26. The number of rotatable bonds is 12. The van der Waals surface area contributed by atoms with Crippen molar-refractivity contribution in [2.45, 2.75) is 58.8 Å². The zero-order chi connectivity index (χ0) is 21.3. The number of methoxy groups -OCH3 is 2. The van der Waals surface area contributed by atoms with E-state index in [0.717, 1.165) is 48.5 Å². The van der Waals surface area contributed by atoms with E-state index in [1.807, 2.05) is 12.1 Å². The molecule has 7 heteroatoms. The van der Waals surface area contributed by atoms with Crippen molar-refractivity contribution in [3.05, 3.63) is 12.1 Å². The molecule has 0 saturated heterocycles. The van der Waals surface area contributed by atoms with Gasteiger partial charge in [0.1, 0.15) is 5.40 Å². The zero-order valence-corrected chi connectivity index (χ0v) is 19.5. The maximum Gasteiger partial charge on any atom is 0.162 e. The van der Waals surface area contributed by atoms with Gasteiger partial charge < -0.3 is 14.4 Å². The summed E-state index contributed by atoms with van der Waals surface area (Å²) < 4.78 is 11.0. The van der Waals surface area contributed by atoms with Crippen LogP contribution in [0, 0.1) is 10.7 Å². The topological polar surface area (TPSA) is 52.0 Å². The van der Waals surface area contributed by atoms with Crippen molar-refractivity contribution in [3.63, 3.8) is 0 Å². The van der Waals surface area contributed by atoms with Crippen LogP contribution in [0.5, 0.6) is 11.5 Å². The average molecular weight is 409 g/mol. The molecule has 0 aliphatic rings. The Hall–Kier alpha value is -1.62. The van der Waals surface area contributed by atoms with Crippen LogP contribution in [-0.2, 0) is 0 Å². The highest BCUT2D eigenvalue weighted by molar-refractivity contribution is 8.03. The Morgan fingerprint density at radius 2 is 1.32 bits per heavy atom. The second kappa shape index (κ2) is 12.1. The third-order valence-electron chi connectivity index (χ3n) is 5.39. The Morgan fingerprint density at radius 3 is 1.68 bits per heavy atom. The fourth-order valence-corrected chi connectivity index (χ4v) is 4.29. The molecule has 0 N–H and O–H groups in total. The summed E-state index contributed by atoms with van der Waals surface area (Å²) >= 11 is 1.16. The van der Waals surface area contributed by atoms with E-state index < -0.39 is 0 Å². The number of benzene rings is 1. The van der Waals surface area contributed by atoms with Crippen molar-refractivity contribution in [3.8, 4) is 16.9 Å². The van der Waals surface area contributed by atoms with E-state index in [9.17, 15) is 5.26 Å². The Labute approximate surface area is 175 Å².